The number of nitrogens with zero attached hydrogens (tertiary/aromatic N) is 3. The van der Waals surface area contributed by atoms with Crippen molar-refractivity contribution in [3.8, 4) is 5.82 Å². The molecule has 8 heteroatoms. The molecule has 1 aliphatic carbocycles. The third-order valence-corrected chi connectivity index (χ3v) is 4.11. The summed E-state index contributed by atoms with van der Waals surface area (Å²) in [5.74, 6) is -0.860. The predicted octanol–water partition coefficient (Wildman–Crippen LogP) is 1.80. The van der Waals surface area contributed by atoms with Crippen LogP contribution in [0.4, 0.5) is 8.78 Å². The minimum Gasteiger partial charge on any atom is -0.321 e. The summed E-state index contributed by atoms with van der Waals surface area (Å²) in [6.45, 7) is 0. The van der Waals surface area contributed by atoms with Crippen molar-refractivity contribution >= 4 is 10.9 Å². The lowest BCUT2D eigenvalue weighted by atomic mass is 10.1. The van der Waals surface area contributed by atoms with Crippen LogP contribution in [-0.2, 0) is 0 Å². The first-order valence-corrected chi connectivity index (χ1v) is 7.24. The van der Waals surface area contributed by atoms with Gasteiger partial charge < -0.3 is 5.73 Å². The maximum atomic E-state index is 14.1. The maximum Gasteiger partial charge on any atom is 0.270 e. The number of hydrogen-bond donors (Lipinski definition) is 2. The van der Waals surface area contributed by atoms with Gasteiger partial charge in [0.1, 0.15) is 34.2 Å². The predicted molar refractivity (Wildman–Crippen MR) is 79.1 cm³/mol. The number of aromatic nitrogens is 4. The van der Waals surface area contributed by atoms with E-state index >= 15 is 0 Å². The lowest BCUT2D eigenvalue weighted by Gasteiger charge is -2.17. The highest BCUT2D eigenvalue weighted by molar-refractivity contribution is 5.79. The van der Waals surface area contributed by atoms with Crippen LogP contribution in [0.3, 0.4) is 0 Å². The van der Waals surface area contributed by atoms with Crippen molar-refractivity contribution in [2.75, 3.05) is 0 Å². The molecule has 0 unspecified atom stereocenters. The van der Waals surface area contributed by atoms with Gasteiger partial charge in [-0.25, -0.2) is 18.3 Å². The largest absolute Gasteiger partial charge is 0.321 e. The summed E-state index contributed by atoms with van der Waals surface area (Å²) in [7, 11) is 0. The molecule has 1 aliphatic rings. The number of hydrogen-bond acceptors (Lipinski definition) is 4. The minimum absolute atomic E-state index is 0.185. The summed E-state index contributed by atoms with van der Waals surface area (Å²) in [5, 5.41) is 6.05. The summed E-state index contributed by atoms with van der Waals surface area (Å²) in [4.78, 5) is 17.0. The first-order valence-electron chi connectivity index (χ1n) is 7.24. The summed E-state index contributed by atoms with van der Waals surface area (Å²) >= 11 is 0. The van der Waals surface area contributed by atoms with Crippen LogP contribution in [0.25, 0.3) is 16.7 Å². The number of fused-ring (bicyclic) bond motifs is 1. The van der Waals surface area contributed by atoms with Crippen LogP contribution in [0.1, 0.15) is 24.7 Å². The van der Waals surface area contributed by atoms with Crippen molar-refractivity contribution in [3.63, 3.8) is 0 Å². The molecule has 0 saturated heterocycles. The molecule has 118 valence electrons. The molecule has 3 N–H and O–H groups in total. The molecular weight excluding hydrogens is 304 g/mol. The number of H-pyrrole nitrogens is 1. The second-order valence-electron chi connectivity index (χ2n) is 5.67. The van der Waals surface area contributed by atoms with E-state index in [0.717, 1.165) is 25.0 Å². The Morgan fingerprint density at radius 1 is 1.26 bits per heavy atom. The second-order valence-corrected chi connectivity index (χ2v) is 5.67. The van der Waals surface area contributed by atoms with Crippen LogP contribution >= 0.6 is 0 Å². The Labute approximate surface area is 129 Å². The quantitative estimate of drug-likeness (QED) is 0.771. The van der Waals surface area contributed by atoms with Crippen molar-refractivity contribution in [2.45, 2.75) is 18.9 Å². The van der Waals surface area contributed by atoms with Gasteiger partial charge in [0.05, 0.1) is 12.2 Å². The molecule has 1 atom stereocenters. The normalized spacial score (nSPS) is 16.0. The minimum atomic E-state index is -0.821. The van der Waals surface area contributed by atoms with Crippen molar-refractivity contribution in [2.24, 2.45) is 11.7 Å². The number of halogens is 2. The highest BCUT2D eigenvalue weighted by atomic mass is 19.1. The molecule has 0 amide bonds. The van der Waals surface area contributed by atoms with Gasteiger partial charge >= 0.3 is 0 Å². The Morgan fingerprint density at radius 2 is 2.00 bits per heavy atom. The van der Waals surface area contributed by atoms with E-state index in [-0.39, 0.29) is 17.3 Å². The molecule has 0 aliphatic heterocycles. The van der Waals surface area contributed by atoms with Crippen LogP contribution in [0, 0.1) is 17.6 Å². The zero-order valence-electron chi connectivity index (χ0n) is 12.0. The number of aromatic amines is 1. The average Bonchev–Trinajstić information content (AvgIpc) is 3.25. The second kappa shape index (κ2) is 4.95. The van der Waals surface area contributed by atoms with Crippen molar-refractivity contribution in [1.29, 1.82) is 0 Å². The average molecular weight is 317 g/mol. The van der Waals surface area contributed by atoms with Gasteiger partial charge in [-0.15, -0.1) is 0 Å². The fourth-order valence-corrected chi connectivity index (χ4v) is 2.73. The number of nitrogens with one attached hydrogen (secondary N) is 1. The van der Waals surface area contributed by atoms with Gasteiger partial charge in [-0.05, 0) is 30.9 Å². The molecule has 1 fully saturated rings. The zero-order chi connectivity index (χ0) is 16.1. The van der Waals surface area contributed by atoms with Gasteiger partial charge in [0.2, 0.25) is 0 Å². The summed E-state index contributed by atoms with van der Waals surface area (Å²) in [6, 6.07) is 2.89. The highest BCUT2D eigenvalue weighted by Crippen LogP contribution is 2.39. The van der Waals surface area contributed by atoms with Gasteiger partial charge in [0, 0.05) is 6.07 Å². The lowest BCUT2D eigenvalue weighted by Crippen LogP contribution is -2.30. The Bertz CT molecular complexity index is 947. The molecule has 0 bridgehead atoms. The topological polar surface area (TPSA) is 89.6 Å². The molecule has 2 aromatic heterocycles. The fraction of sp³-hybridized carbons (Fsp3) is 0.267. The van der Waals surface area contributed by atoms with Crippen LogP contribution in [0.2, 0.25) is 0 Å². The molecule has 23 heavy (non-hydrogen) atoms. The van der Waals surface area contributed by atoms with E-state index in [1.54, 1.807) is 6.07 Å². The summed E-state index contributed by atoms with van der Waals surface area (Å²) in [5.41, 5.74) is 5.18. The molecule has 0 spiro atoms. The van der Waals surface area contributed by atoms with E-state index in [4.69, 9.17) is 5.73 Å². The van der Waals surface area contributed by atoms with Gasteiger partial charge in [-0.2, -0.15) is 5.10 Å². The maximum absolute atomic E-state index is 14.1. The number of rotatable bonds is 3. The third kappa shape index (κ3) is 2.14. The first-order chi connectivity index (χ1) is 11.1. The van der Waals surface area contributed by atoms with E-state index in [2.05, 4.69) is 15.2 Å². The van der Waals surface area contributed by atoms with Crippen molar-refractivity contribution in [3.05, 3.63) is 52.2 Å². The molecular formula is C15H13F2N5O. The van der Waals surface area contributed by atoms with E-state index in [1.807, 2.05) is 0 Å². The van der Waals surface area contributed by atoms with Crippen LogP contribution < -0.4 is 11.3 Å². The van der Waals surface area contributed by atoms with Gasteiger partial charge in [-0.3, -0.25) is 9.89 Å². The smallest absolute Gasteiger partial charge is 0.270 e. The fourth-order valence-electron chi connectivity index (χ4n) is 2.73. The van der Waals surface area contributed by atoms with Crippen LogP contribution in [0.5, 0.6) is 0 Å². The molecule has 1 saturated carbocycles. The lowest BCUT2D eigenvalue weighted by molar-refractivity contribution is 0.563. The van der Waals surface area contributed by atoms with E-state index in [1.165, 1.54) is 10.8 Å². The van der Waals surface area contributed by atoms with Crippen LogP contribution in [0.15, 0.2) is 29.2 Å². The zero-order valence-corrected chi connectivity index (χ0v) is 12.0. The Balaban J connectivity index is 2.11. The van der Waals surface area contributed by atoms with Crippen LogP contribution in [-0.4, -0.2) is 19.7 Å². The van der Waals surface area contributed by atoms with Crippen molar-refractivity contribution in [1.82, 2.24) is 19.7 Å². The van der Waals surface area contributed by atoms with Gasteiger partial charge in [-0.1, -0.05) is 0 Å². The number of benzene rings is 1. The van der Waals surface area contributed by atoms with E-state index in [0.29, 0.717) is 5.82 Å². The van der Waals surface area contributed by atoms with E-state index < -0.39 is 28.6 Å². The summed E-state index contributed by atoms with van der Waals surface area (Å²) in [6.07, 6.45) is 3.30. The first kappa shape index (κ1) is 14.0. The molecule has 3 aromatic rings. The summed E-state index contributed by atoms with van der Waals surface area (Å²) < 4.78 is 29.3. The van der Waals surface area contributed by atoms with Gasteiger partial charge in [0.25, 0.3) is 5.56 Å². The highest BCUT2D eigenvalue weighted by Gasteiger charge is 2.34. The molecule has 2 heterocycles. The Morgan fingerprint density at radius 3 is 2.65 bits per heavy atom. The molecule has 1 aromatic carbocycles. The Kier molecular flexibility index (Phi) is 3.02. The third-order valence-electron chi connectivity index (χ3n) is 4.11. The van der Waals surface area contributed by atoms with E-state index in [9.17, 15) is 13.6 Å². The standard InChI is InChI=1S/C15H13F2N5O/c16-8-3-4-9(17)13-11(8)15(23)22(10-5-6-19-21-10)14(20-13)12(18)7-1-2-7/h3-7,12H,1-2,18H2,(H,19,21)/t12-/m0/s1. The molecule has 4 rings (SSSR count). The molecule has 6 nitrogen and oxygen atoms in total. The van der Waals surface area contributed by atoms with Crippen molar-refractivity contribution < 1.29 is 8.78 Å². The molecule has 0 radical (unpaired) electrons. The number of nitrogens with two attached hydrogens (primary N) is 1. The SMILES string of the molecule is N[C@H](c1nc2c(F)ccc(F)c2c(=O)n1-c1ccn[nH]1)C1CC1. The monoisotopic (exact) mass is 317 g/mol. The van der Waals surface area contributed by atoms with Gasteiger partial charge in [0.15, 0.2) is 0 Å². The Hall–Kier alpha value is -2.61.